The Balaban J connectivity index is 2.08. The van der Waals surface area contributed by atoms with Crippen LogP contribution in [0.15, 0.2) is 65.5 Å². The Hall–Kier alpha value is -3.21. The van der Waals surface area contributed by atoms with Gasteiger partial charge in [0.05, 0.1) is 6.54 Å². The molecule has 0 saturated heterocycles. The molecule has 2 aromatic carbocycles. The van der Waals surface area contributed by atoms with Crippen molar-refractivity contribution in [1.29, 1.82) is 0 Å². The summed E-state index contributed by atoms with van der Waals surface area (Å²) >= 11 is 0. The summed E-state index contributed by atoms with van der Waals surface area (Å²) < 4.78 is 15.5. The van der Waals surface area contributed by atoms with Crippen molar-refractivity contribution in [1.82, 2.24) is 9.47 Å². The number of carbonyl (C=O) groups is 1. The Morgan fingerprint density at radius 1 is 1.04 bits per heavy atom. The Morgan fingerprint density at radius 3 is 2.37 bits per heavy atom. The number of halogens is 1. The largest absolute Gasteiger partial charge is 0.345 e. The van der Waals surface area contributed by atoms with Crippen LogP contribution in [0.2, 0.25) is 0 Å². The van der Waals surface area contributed by atoms with Gasteiger partial charge in [0.25, 0.3) is 11.5 Å². The zero-order valence-electron chi connectivity index (χ0n) is 15.6. The molecule has 0 radical (unpaired) electrons. The van der Waals surface area contributed by atoms with Crippen LogP contribution in [0.1, 0.15) is 21.6 Å². The lowest BCUT2D eigenvalue weighted by Gasteiger charge is -2.16. The maximum atomic E-state index is 13.9. The SMILES string of the molecule is Cc1cc(-c2cc(F)ccc2C(=O)N(C)C)cc(=O)n1Cc1ccccc1. The number of rotatable bonds is 4. The van der Waals surface area contributed by atoms with E-state index in [1.54, 1.807) is 18.7 Å². The van der Waals surface area contributed by atoms with Gasteiger partial charge >= 0.3 is 0 Å². The first-order valence-corrected chi connectivity index (χ1v) is 8.64. The Morgan fingerprint density at radius 2 is 1.74 bits per heavy atom. The van der Waals surface area contributed by atoms with Crippen molar-refractivity contribution in [2.24, 2.45) is 0 Å². The summed E-state index contributed by atoms with van der Waals surface area (Å²) in [5.41, 5.74) is 2.88. The number of pyridine rings is 1. The highest BCUT2D eigenvalue weighted by atomic mass is 19.1. The van der Waals surface area contributed by atoms with Gasteiger partial charge in [0.1, 0.15) is 5.82 Å². The minimum Gasteiger partial charge on any atom is -0.345 e. The maximum absolute atomic E-state index is 13.9. The van der Waals surface area contributed by atoms with Crippen LogP contribution in [0.25, 0.3) is 11.1 Å². The third-order valence-corrected chi connectivity index (χ3v) is 4.45. The summed E-state index contributed by atoms with van der Waals surface area (Å²) in [6, 6.07) is 17.0. The van der Waals surface area contributed by atoms with Crippen molar-refractivity contribution in [3.05, 3.63) is 93.7 Å². The van der Waals surface area contributed by atoms with Gasteiger partial charge in [-0.3, -0.25) is 9.59 Å². The van der Waals surface area contributed by atoms with E-state index in [0.717, 1.165) is 11.3 Å². The fourth-order valence-corrected chi connectivity index (χ4v) is 3.04. The summed E-state index contributed by atoms with van der Waals surface area (Å²) in [5, 5.41) is 0. The average Bonchev–Trinajstić information content (AvgIpc) is 2.64. The van der Waals surface area contributed by atoms with E-state index in [-0.39, 0.29) is 11.5 Å². The van der Waals surface area contributed by atoms with E-state index in [0.29, 0.717) is 23.2 Å². The van der Waals surface area contributed by atoms with Crippen molar-refractivity contribution in [2.75, 3.05) is 14.1 Å². The zero-order chi connectivity index (χ0) is 19.6. The number of benzene rings is 2. The van der Waals surface area contributed by atoms with Gasteiger partial charge in [-0.15, -0.1) is 0 Å². The highest BCUT2D eigenvalue weighted by Crippen LogP contribution is 2.25. The van der Waals surface area contributed by atoms with Gasteiger partial charge in [0, 0.05) is 31.4 Å². The van der Waals surface area contributed by atoms with Crippen LogP contribution in [0.5, 0.6) is 0 Å². The molecule has 3 aromatic rings. The topological polar surface area (TPSA) is 42.3 Å². The molecule has 0 aliphatic heterocycles. The Bertz CT molecular complexity index is 1040. The molecule has 4 nitrogen and oxygen atoms in total. The van der Waals surface area contributed by atoms with Crippen molar-refractivity contribution in [3.8, 4) is 11.1 Å². The predicted molar refractivity (Wildman–Crippen MR) is 104 cm³/mol. The Kier molecular flexibility index (Phi) is 5.21. The molecule has 0 aliphatic carbocycles. The van der Waals surface area contributed by atoms with E-state index in [2.05, 4.69) is 0 Å². The standard InChI is InChI=1S/C22H21FN2O2/c1-15-11-17(12-21(26)25(15)14-16-7-5-4-6-8-16)20-13-18(23)9-10-19(20)22(27)24(2)3/h4-13H,14H2,1-3H3. The second-order valence-corrected chi connectivity index (χ2v) is 6.68. The zero-order valence-corrected chi connectivity index (χ0v) is 15.6. The van der Waals surface area contributed by atoms with Crippen LogP contribution in [-0.2, 0) is 6.54 Å². The minimum atomic E-state index is -0.452. The van der Waals surface area contributed by atoms with Gasteiger partial charge in [-0.2, -0.15) is 0 Å². The third kappa shape index (κ3) is 3.97. The quantitative estimate of drug-likeness (QED) is 0.708. The van der Waals surface area contributed by atoms with Gasteiger partial charge in [0.15, 0.2) is 0 Å². The molecule has 0 bridgehead atoms. The number of aromatic nitrogens is 1. The molecular weight excluding hydrogens is 343 g/mol. The molecule has 0 atom stereocenters. The van der Waals surface area contributed by atoms with Crippen LogP contribution in [0, 0.1) is 12.7 Å². The van der Waals surface area contributed by atoms with E-state index in [4.69, 9.17) is 0 Å². The fraction of sp³-hybridized carbons (Fsp3) is 0.182. The highest BCUT2D eigenvalue weighted by molar-refractivity contribution is 6.00. The van der Waals surface area contributed by atoms with E-state index in [1.807, 2.05) is 43.3 Å². The van der Waals surface area contributed by atoms with E-state index >= 15 is 0 Å². The molecule has 0 spiro atoms. The van der Waals surface area contributed by atoms with Crippen LogP contribution in [0.3, 0.4) is 0 Å². The maximum Gasteiger partial charge on any atom is 0.253 e. The number of carbonyl (C=O) groups excluding carboxylic acids is 1. The lowest BCUT2D eigenvalue weighted by molar-refractivity contribution is 0.0828. The minimum absolute atomic E-state index is 0.193. The van der Waals surface area contributed by atoms with Crippen LogP contribution >= 0.6 is 0 Å². The molecule has 1 heterocycles. The normalized spacial score (nSPS) is 10.7. The number of nitrogens with zero attached hydrogens (tertiary/aromatic N) is 2. The first-order chi connectivity index (χ1) is 12.9. The third-order valence-electron chi connectivity index (χ3n) is 4.45. The molecule has 0 N–H and O–H groups in total. The molecule has 27 heavy (non-hydrogen) atoms. The average molecular weight is 364 g/mol. The molecule has 0 unspecified atom stereocenters. The lowest BCUT2D eigenvalue weighted by atomic mass is 9.98. The predicted octanol–water partition coefficient (Wildman–Crippen LogP) is 3.71. The molecule has 138 valence electrons. The van der Waals surface area contributed by atoms with Crippen molar-refractivity contribution >= 4 is 5.91 Å². The molecular formula is C22H21FN2O2. The summed E-state index contributed by atoms with van der Waals surface area (Å²) in [6.07, 6.45) is 0. The molecule has 3 rings (SSSR count). The number of hydrogen-bond donors (Lipinski definition) is 0. The van der Waals surface area contributed by atoms with E-state index < -0.39 is 5.82 Å². The highest BCUT2D eigenvalue weighted by Gasteiger charge is 2.17. The monoisotopic (exact) mass is 364 g/mol. The van der Waals surface area contributed by atoms with Gasteiger partial charge in [-0.1, -0.05) is 30.3 Å². The van der Waals surface area contributed by atoms with Gasteiger partial charge in [-0.05, 0) is 47.9 Å². The van der Waals surface area contributed by atoms with Crippen molar-refractivity contribution < 1.29 is 9.18 Å². The van der Waals surface area contributed by atoms with Crippen LogP contribution < -0.4 is 5.56 Å². The first-order valence-electron chi connectivity index (χ1n) is 8.64. The van der Waals surface area contributed by atoms with E-state index in [1.165, 1.54) is 29.2 Å². The van der Waals surface area contributed by atoms with Gasteiger partial charge in [-0.25, -0.2) is 4.39 Å². The fourth-order valence-electron chi connectivity index (χ4n) is 3.04. The summed E-state index contributed by atoms with van der Waals surface area (Å²) in [6.45, 7) is 2.29. The second-order valence-electron chi connectivity index (χ2n) is 6.68. The number of amides is 1. The van der Waals surface area contributed by atoms with Crippen LogP contribution in [-0.4, -0.2) is 29.5 Å². The first kappa shape index (κ1) is 18.6. The molecule has 0 fully saturated rings. The van der Waals surface area contributed by atoms with Gasteiger partial charge < -0.3 is 9.47 Å². The molecule has 5 heteroatoms. The smallest absolute Gasteiger partial charge is 0.253 e. The molecule has 0 aliphatic rings. The summed E-state index contributed by atoms with van der Waals surface area (Å²) in [7, 11) is 3.27. The van der Waals surface area contributed by atoms with Crippen LogP contribution in [0.4, 0.5) is 4.39 Å². The lowest BCUT2D eigenvalue weighted by Crippen LogP contribution is -2.24. The molecule has 1 aromatic heterocycles. The van der Waals surface area contributed by atoms with E-state index in [9.17, 15) is 14.0 Å². The summed E-state index contributed by atoms with van der Waals surface area (Å²) in [4.78, 5) is 26.6. The number of hydrogen-bond acceptors (Lipinski definition) is 2. The second kappa shape index (κ2) is 7.58. The molecule has 1 amide bonds. The summed E-state index contributed by atoms with van der Waals surface area (Å²) in [5.74, 6) is -0.692. The number of aryl methyl sites for hydroxylation is 1. The Labute approximate surface area is 157 Å². The van der Waals surface area contributed by atoms with Crippen molar-refractivity contribution in [2.45, 2.75) is 13.5 Å². The van der Waals surface area contributed by atoms with Gasteiger partial charge in [0.2, 0.25) is 0 Å². The molecule has 0 saturated carbocycles. The van der Waals surface area contributed by atoms with Crippen molar-refractivity contribution in [3.63, 3.8) is 0 Å².